The fourth-order valence-electron chi connectivity index (χ4n) is 1.51. The molecule has 0 saturated carbocycles. The summed E-state index contributed by atoms with van der Waals surface area (Å²) in [6, 6.07) is 12.5. The zero-order chi connectivity index (χ0) is 10.4. The fourth-order valence-corrected chi connectivity index (χ4v) is 1.51. The monoisotopic (exact) mass is 188 g/mol. The van der Waals surface area contributed by atoms with E-state index in [0.717, 1.165) is 12.8 Å². The van der Waals surface area contributed by atoms with Crippen LogP contribution in [0.15, 0.2) is 30.3 Å². The summed E-state index contributed by atoms with van der Waals surface area (Å²) >= 11 is 0. The van der Waals surface area contributed by atoms with E-state index in [1.807, 2.05) is 32.2 Å². The van der Waals surface area contributed by atoms with E-state index in [1.54, 1.807) is 0 Å². The van der Waals surface area contributed by atoms with Crippen molar-refractivity contribution in [2.24, 2.45) is 0 Å². The molecule has 0 bridgehead atoms. The molecule has 1 aromatic carbocycles. The molecule has 2 heteroatoms. The van der Waals surface area contributed by atoms with Gasteiger partial charge in [-0.25, -0.2) is 0 Å². The number of hydrogen-bond acceptors (Lipinski definition) is 2. The normalized spacial score (nSPS) is 14.4. The average Bonchev–Trinajstić information content (AvgIpc) is 2.28. The van der Waals surface area contributed by atoms with Gasteiger partial charge in [0.05, 0.1) is 6.07 Å². The maximum absolute atomic E-state index is 9.13. The van der Waals surface area contributed by atoms with E-state index >= 15 is 0 Å². The molecule has 0 aromatic heterocycles. The molecular weight excluding hydrogens is 172 g/mol. The Morgan fingerprint density at radius 1 is 1.36 bits per heavy atom. The number of likely N-dealkylation sites (N-methyl/N-ethyl adjacent to an activating group) is 1. The number of hydrogen-bond donors (Lipinski definition) is 1. The SMILES string of the molecule is CCC(C#N)(Cc1ccccc1)NC. The summed E-state index contributed by atoms with van der Waals surface area (Å²) in [7, 11) is 1.84. The Hall–Kier alpha value is -1.33. The number of nitrogens with one attached hydrogen (secondary N) is 1. The Morgan fingerprint density at radius 2 is 2.00 bits per heavy atom. The molecule has 74 valence electrons. The van der Waals surface area contributed by atoms with Crippen molar-refractivity contribution in [1.29, 1.82) is 5.26 Å². The van der Waals surface area contributed by atoms with Crippen molar-refractivity contribution in [1.82, 2.24) is 5.32 Å². The lowest BCUT2D eigenvalue weighted by Crippen LogP contribution is -2.42. The zero-order valence-corrected chi connectivity index (χ0v) is 8.75. The molecular formula is C12H16N2. The number of rotatable bonds is 4. The summed E-state index contributed by atoms with van der Waals surface area (Å²) < 4.78 is 0. The van der Waals surface area contributed by atoms with Crippen molar-refractivity contribution in [2.75, 3.05) is 7.05 Å². The Labute approximate surface area is 85.6 Å². The van der Waals surface area contributed by atoms with Crippen molar-refractivity contribution in [3.63, 3.8) is 0 Å². The van der Waals surface area contributed by atoms with Gasteiger partial charge >= 0.3 is 0 Å². The molecule has 1 aromatic rings. The Morgan fingerprint density at radius 3 is 2.43 bits per heavy atom. The first kappa shape index (κ1) is 10.7. The summed E-state index contributed by atoms with van der Waals surface area (Å²) in [4.78, 5) is 0. The number of nitrogens with zero attached hydrogens (tertiary/aromatic N) is 1. The van der Waals surface area contributed by atoms with Crippen LogP contribution >= 0.6 is 0 Å². The van der Waals surface area contributed by atoms with E-state index in [4.69, 9.17) is 5.26 Å². The highest BCUT2D eigenvalue weighted by Gasteiger charge is 2.25. The van der Waals surface area contributed by atoms with Crippen LogP contribution in [0.25, 0.3) is 0 Å². The van der Waals surface area contributed by atoms with Crippen LogP contribution in [0.3, 0.4) is 0 Å². The summed E-state index contributed by atoms with van der Waals surface area (Å²) in [5.74, 6) is 0. The molecule has 14 heavy (non-hydrogen) atoms. The van der Waals surface area contributed by atoms with Crippen molar-refractivity contribution >= 4 is 0 Å². The second-order valence-electron chi connectivity index (χ2n) is 3.46. The summed E-state index contributed by atoms with van der Waals surface area (Å²) in [6.07, 6.45) is 1.58. The molecule has 1 rings (SSSR count). The van der Waals surface area contributed by atoms with Gasteiger partial charge in [-0.05, 0) is 19.0 Å². The molecule has 0 aliphatic rings. The highest BCUT2D eigenvalue weighted by molar-refractivity contribution is 5.21. The molecule has 0 saturated heterocycles. The van der Waals surface area contributed by atoms with Gasteiger partial charge in [-0.1, -0.05) is 37.3 Å². The molecule has 2 nitrogen and oxygen atoms in total. The molecule has 0 aliphatic carbocycles. The Bertz CT molecular complexity index is 307. The Kier molecular flexibility index (Phi) is 3.67. The quantitative estimate of drug-likeness (QED) is 0.785. The van der Waals surface area contributed by atoms with Crippen LogP contribution in [0, 0.1) is 11.3 Å². The van der Waals surface area contributed by atoms with Crippen LogP contribution < -0.4 is 5.32 Å². The fraction of sp³-hybridized carbons (Fsp3) is 0.417. The van der Waals surface area contributed by atoms with Gasteiger partial charge in [0.25, 0.3) is 0 Å². The second-order valence-corrected chi connectivity index (χ2v) is 3.46. The average molecular weight is 188 g/mol. The van der Waals surface area contributed by atoms with E-state index in [2.05, 4.69) is 23.5 Å². The van der Waals surface area contributed by atoms with Gasteiger partial charge in [-0.15, -0.1) is 0 Å². The lowest BCUT2D eigenvalue weighted by Gasteiger charge is -2.24. The van der Waals surface area contributed by atoms with Crippen molar-refractivity contribution in [3.05, 3.63) is 35.9 Å². The van der Waals surface area contributed by atoms with Gasteiger partial charge in [0, 0.05) is 6.42 Å². The summed E-state index contributed by atoms with van der Waals surface area (Å²) in [5, 5.41) is 12.2. The predicted molar refractivity (Wildman–Crippen MR) is 57.8 cm³/mol. The van der Waals surface area contributed by atoms with Crippen LogP contribution in [-0.2, 0) is 6.42 Å². The third kappa shape index (κ3) is 2.34. The molecule has 0 aliphatic heterocycles. The predicted octanol–water partition coefficient (Wildman–Crippen LogP) is 2.12. The molecule has 0 amide bonds. The molecule has 0 spiro atoms. The van der Waals surface area contributed by atoms with Crippen molar-refractivity contribution < 1.29 is 0 Å². The van der Waals surface area contributed by atoms with Gasteiger partial charge in [0.15, 0.2) is 0 Å². The smallest absolute Gasteiger partial charge is 0.110 e. The van der Waals surface area contributed by atoms with Crippen molar-refractivity contribution in [3.8, 4) is 6.07 Å². The van der Waals surface area contributed by atoms with Crippen molar-refractivity contribution in [2.45, 2.75) is 25.3 Å². The van der Waals surface area contributed by atoms with Gasteiger partial charge in [-0.2, -0.15) is 5.26 Å². The van der Waals surface area contributed by atoms with E-state index in [1.165, 1.54) is 5.56 Å². The van der Waals surface area contributed by atoms with Gasteiger partial charge in [-0.3, -0.25) is 0 Å². The standard InChI is InChI=1S/C12H16N2/c1-3-12(10-13,14-2)9-11-7-5-4-6-8-11/h4-8,14H,3,9H2,1-2H3. The number of nitriles is 1. The van der Waals surface area contributed by atoms with Gasteiger partial charge < -0.3 is 5.32 Å². The molecule has 1 N–H and O–H groups in total. The second kappa shape index (κ2) is 4.78. The first-order valence-electron chi connectivity index (χ1n) is 4.90. The van der Waals surface area contributed by atoms with Gasteiger partial charge in [0.1, 0.15) is 5.54 Å². The Balaban J connectivity index is 2.81. The highest BCUT2D eigenvalue weighted by Crippen LogP contribution is 2.15. The van der Waals surface area contributed by atoms with Crippen LogP contribution in [0.5, 0.6) is 0 Å². The molecule has 0 radical (unpaired) electrons. The van der Waals surface area contributed by atoms with E-state index in [9.17, 15) is 0 Å². The maximum Gasteiger partial charge on any atom is 0.110 e. The van der Waals surface area contributed by atoms with Gasteiger partial charge in [0.2, 0.25) is 0 Å². The zero-order valence-electron chi connectivity index (χ0n) is 8.75. The van der Waals surface area contributed by atoms with E-state index in [-0.39, 0.29) is 0 Å². The third-order valence-corrected chi connectivity index (χ3v) is 2.64. The maximum atomic E-state index is 9.13. The number of benzene rings is 1. The lowest BCUT2D eigenvalue weighted by molar-refractivity contribution is 0.431. The molecule has 0 fully saturated rings. The minimum absolute atomic E-state index is 0.415. The molecule has 1 unspecified atom stereocenters. The molecule has 1 atom stereocenters. The first-order chi connectivity index (χ1) is 6.76. The minimum atomic E-state index is -0.415. The first-order valence-corrected chi connectivity index (χ1v) is 4.90. The van der Waals surface area contributed by atoms with E-state index in [0.29, 0.717) is 0 Å². The largest absolute Gasteiger partial charge is 0.302 e. The third-order valence-electron chi connectivity index (χ3n) is 2.64. The van der Waals surface area contributed by atoms with E-state index < -0.39 is 5.54 Å². The molecule has 0 heterocycles. The van der Waals surface area contributed by atoms with Crippen LogP contribution in [0.1, 0.15) is 18.9 Å². The van der Waals surface area contributed by atoms with Crippen LogP contribution in [-0.4, -0.2) is 12.6 Å². The lowest BCUT2D eigenvalue weighted by atomic mass is 9.90. The highest BCUT2D eigenvalue weighted by atomic mass is 14.9. The minimum Gasteiger partial charge on any atom is -0.302 e. The summed E-state index contributed by atoms with van der Waals surface area (Å²) in [6.45, 7) is 2.03. The van der Waals surface area contributed by atoms with Crippen LogP contribution in [0.4, 0.5) is 0 Å². The van der Waals surface area contributed by atoms with Crippen LogP contribution in [0.2, 0.25) is 0 Å². The topological polar surface area (TPSA) is 35.8 Å². The summed E-state index contributed by atoms with van der Waals surface area (Å²) in [5.41, 5.74) is 0.784.